The highest BCUT2D eigenvalue weighted by atomic mass is 16.5. The number of methoxy groups -OCH3 is 1. The van der Waals surface area contributed by atoms with Gasteiger partial charge in [0.05, 0.1) is 18.8 Å². The van der Waals surface area contributed by atoms with E-state index in [0.29, 0.717) is 11.5 Å². The van der Waals surface area contributed by atoms with Crippen LogP contribution >= 0.6 is 0 Å². The topological polar surface area (TPSA) is 49.8 Å². The van der Waals surface area contributed by atoms with Crippen molar-refractivity contribution in [3.8, 4) is 0 Å². The number of nitrogens with zero attached hydrogens (tertiary/aromatic N) is 1. The van der Waals surface area contributed by atoms with Crippen molar-refractivity contribution in [2.45, 2.75) is 32.4 Å². The molecule has 20 heavy (non-hydrogen) atoms. The second-order valence-corrected chi connectivity index (χ2v) is 5.45. The quantitative estimate of drug-likeness (QED) is 0.856. The van der Waals surface area contributed by atoms with Gasteiger partial charge in [-0.15, -0.1) is 0 Å². The third-order valence-corrected chi connectivity index (χ3v) is 4.08. The first kappa shape index (κ1) is 15.0. The van der Waals surface area contributed by atoms with Crippen molar-refractivity contribution in [3.63, 3.8) is 0 Å². The van der Waals surface area contributed by atoms with E-state index in [9.17, 15) is 9.90 Å². The minimum Gasteiger partial charge on any atom is -0.465 e. The predicted octanol–water partition coefficient (Wildman–Crippen LogP) is 2.07. The zero-order valence-electron chi connectivity index (χ0n) is 12.2. The summed E-state index contributed by atoms with van der Waals surface area (Å²) >= 11 is 0. The zero-order valence-corrected chi connectivity index (χ0v) is 12.2. The van der Waals surface area contributed by atoms with E-state index in [4.69, 9.17) is 0 Å². The van der Waals surface area contributed by atoms with Gasteiger partial charge >= 0.3 is 5.97 Å². The number of aliphatic hydroxyl groups is 1. The second-order valence-electron chi connectivity index (χ2n) is 5.45. The lowest BCUT2D eigenvalue weighted by atomic mass is 9.92. The summed E-state index contributed by atoms with van der Waals surface area (Å²) in [5.41, 5.74) is 1.76. The molecule has 1 aliphatic rings. The van der Waals surface area contributed by atoms with Crippen LogP contribution in [0.3, 0.4) is 0 Å². The van der Waals surface area contributed by atoms with Crippen LogP contribution in [0.15, 0.2) is 24.3 Å². The molecule has 1 heterocycles. The highest BCUT2D eigenvalue weighted by molar-refractivity contribution is 5.89. The molecule has 0 spiro atoms. The van der Waals surface area contributed by atoms with Gasteiger partial charge in [-0.2, -0.15) is 0 Å². The van der Waals surface area contributed by atoms with Crippen LogP contribution in [0.5, 0.6) is 0 Å². The number of benzene rings is 1. The van der Waals surface area contributed by atoms with E-state index in [1.54, 1.807) is 12.1 Å². The van der Waals surface area contributed by atoms with Crippen LogP contribution in [-0.2, 0) is 11.3 Å². The van der Waals surface area contributed by atoms with Gasteiger partial charge in [0.25, 0.3) is 0 Å². The Balaban J connectivity index is 1.95. The molecule has 0 aliphatic carbocycles. The molecule has 1 aromatic rings. The van der Waals surface area contributed by atoms with E-state index in [2.05, 4.69) is 16.6 Å². The fourth-order valence-corrected chi connectivity index (χ4v) is 2.76. The van der Waals surface area contributed by atoms with Crippen molar-refractivity contribution in [2.75, 3.05) is 20.2 Å². The fraction of sp³-hybridized carbons (Fsp3) is 0.562. The number of aliphatic hydroxyl groups excluding tert-OH is 1. The first-order valence-corrected chi connectivity index (χ1v) is 7.21. The summed E-state index contributed by atoms with van der Waals surface area (Å²) in [5, 5.41) is 9.90. The summed E-state index contributed by atoms with van der Waals surface area (Å²) < 4.78 is 4.69. The number of carbonyl (C=O) groups is 1. The van der Waals surface area contributed by atoms with Crippen molar-refractivity contribution >= 4 is 5.97 Å². The smallest absolute Gasteiger partial charge is 0.337 e. The van der Waals surface area contributed by atoms with Crippen LogP contribution in [0.1, 0.15) is 35.7 Å². The van der Waals surface area contributed by atoms with Crippen LogP contribution < -0.4 is 0 Å². The highest BCUT2D eigenvalue weighted by Crippen LogP contribution is 2.21. The number of rotatable bonds is 4. The maximum Gasteiger partial charge on any atom is 0.337 e. The van der Waals surface area contributed by atoms with Crippen LogP contribution in [0.2, 0.25) is 0 Å². The maximum absolute atomic E-state index is 11.4. The molecule has 2 unspecified atom stereocenters. The molecule has 0 bridgehead atoms. The Morgan fingerprint density at radius 3 is 2.70 bits per heavy atom. The third kappa shape index (κ3) is 3.58. The number of piperidine rings is 1. The molecular weight excluding hydrogens is 254 g/mol. The largest absolute Gasteiger partial charge is 0.465 e. The third-order valence-electron chi connectivity index (χ3n) is 4.08. The Morgan fingerprint density at radius 1 is 1.40 bits per heavy atom. The zero-order chi connectivity index (χ0) is 14.5. The van der Waals surface area contributed by atoms with Crippen molar-refractivity contribution < 1.29 is 14.6 Å². The van der Waals surface area contributed by atoms with E-state index < -0.39 is 0 Å². The van der Waals surface area contributed by atoms with Gasteiger partial charge in [-0.1, -0.05) is 19.1 Å². The van der Waals surface area contributed by atoms with Gasteiger partial charge in [0.2, 0.25) is 0 Å². The molecule has 1 fully saturated rings. The number of ether oxygens (including phenoxy) is 1. The summed E-state index contributed by atoms with van der Waals surface area (Å²) in [6.45, 7) is 4.86. The number of esters is 1. The minimum absolute atomic E-state index is 0.155. The van der Waals surface area contributed by atoms with Crippen LogP contribution in [0.4, 0.5) is 0 Å². The number of hydrogen-bond donors (Lipinski definition) is 1. The first-order valence-electron chi connectivity index (χ1n) is 7.21. The average molecular weight is 277 g/mol. The Hall–Kier alpha value is -1.39. The molecule has 1 aliphatic heterocycles. The van der Waals surface area contributed by atoms with Crippen LogP contribution in [0, 0.1) is 5.92 Å². The minimum atomic E-state index is -0.302. The first-order chi connectivity index (χ1) is 9.63. The molecule has 4 heteroatoms. The monoisotopic (exact) mass is 277 g/mol. The summed E-state index contributed by atoms with van der Waals surface area (Å²) in [6.07, 6.45) is 1.70. The van der Waals surface area contributed by atoms with E-state index in [1.807, 2.05) is 12.1 Å². The lowest BCUT2D eigenvalue weighted by Crippen LogP contribution is -2.42. The summed E-state index contributed by atoms with van der Waals surface area (Å²) in [4.78, 5) is 13.7. The second kappa shape index (κ2) is 6.86. The highest BCUT2D eigenvalue weighted by Gasteiger charge is 2.26. The van der Waals surface area contributed by atoms with E-state index >= 15 is 0 Å². The van der Waals surface area contributed by atoms with Crippen molar-refractivity contribution in [1.29, 1.82) is 0 Å². The lowest BCUT2D eigenvalue weighted by molar-refractivity contribution is 0.0222. The summed E-state index contributed by atoms with van der Waals surface area (Å²) in [6, 6.07) is 7.55. The average Bonchev–Trinajstić information content (AvgIpc) is 2.49. The summed E-state index contributed by atoms with van der Waals surface area (Å²) in [5.74, 6) is 0.0711. The molecule has 0 amide bonds. The van der Waals surface area contributed by atoms with E-state index in [-0.39, 0.29) is 12.1 Å². The molecular formula is C16H23NO3. The van der Waals surface area contributed by atoms with Gasteiger partial charge in [0.15, 0.2) is 0 Å². The molecule has 4 nitrogen and oxygen atoms in total. The van der Waals surface area contributed by atoms with Crippen molar-refractivity contribution in [2.24, 2.45) is 5.92 Å². The normalized spacial score (nSPS) is 23.6. The van der Waals surface area contributed by atoms with Crippen LogP contribution in [0.25, 0.3) is 0 Å². The number of likely N-dealkylation sites (tertiary alicyclic amines) is 1. The van der Waals surface area contributed by atoms with E-state index in [0.717, 1.165) is 32.5 Å². The van der Waals surface area contributed by atoms with Crippen molar-refractivity contribution in [3.05, 3.63) is 35.4 Å². The Kier molecular flexibility index (Phi) is 5.15. The molecule has 2 atom stereocenters. The van der Waals surface area contributed by atoms with Gasteiger partial charge in [-0.3, -0.25) is 4.90 Å². The van der Waals surface area contributed by atoms with Gasteiger partial charge in [0, 0.05) is 19.6 Å². The van der Waals surface area contributed by atoms with Gasteiger partial charge in [0.1, 0.15) is 0 Å². The maximum atomic E-state index is 11.4. The Bertz CT molecular complexity index is 444. The SMILES string of the molecule is CCC1CN(Cc2ccc(C(=O)OC)cc2)CCC1O. The molecule has 0 aromatic heterocycles. The molecule has 2 rings (SSSR count). The van der Waals surface area contributed by atoms with Crippen molar-refractivity contribution in [1.82, 2.24) is 4.90 Å². The molecule has 110 valence electrons. The predicted molar refractivity (Wildman–Crippen MR) is 77.5 cm³/mol. The van der Waals surface area contributed by atoms with Crippen LogP contribution in [-0.4, -0.2) is 42.3 Å². The molecule has 0 saturated carbocycles. The fourth-order valence-electron chi connectivity index (χ4n) is 2.76. The summed E-state index contributed by atoms with van der Waals surface area (Å²) in [7, 11) is 1.39. The standard InChI is InChI=1S/C16H23NO3/c1-3-13-11-17(9-8-15(13)18)10-12-4-6-14(7-5-12)16(19)20-2/h4-7,13,15,18H,3,8-11H2,1-2H3. The molecule has 0 radical (unpaired) electrons. The number of hydrogen-bond acceptors (Lipinski definition) is 4. The lowest BCUT2D eigenvalue weighted by Gasteiger charge is -2.35. The van der Waals surface area contributed by atoms with Gasteiger partial charge in [-0.25, -0.2) is 4.79 Å². The molecule has 1 saturated heterocycles. The van der Waals surface area contributed by atoms with Gasteiger partial charge < -0.3 is 9.84 Å². The molecule has 1 aromatic carbocycles. The van der Waals surface area contributed by atoms with E-state index in [1.165, 1.54) is 12.7 Å². The Labute approximate surface area is 120 Å². The molecule has 1 N–H and O–H groups in total. The Morgan fingerprint density at radius 2 is 2.10 bits per heavy atom. The van der Waals surface area contributed by atoms with Gasteiger partial charge in [-0.05, 0) is 36.5 Å². The number of carbonyl (C=O) groups excluding carboxylic acids is 1.